The van der Waals surface area contributed by atoms with Crippen LogP contribution in [0, 0.1) is 4.77 Å². The summed E-state index contributed by atoms with van der Waals surface area (Å²) in [6, 6.07) is 0.406. The predicted molar refractivity (Wildman–Crippen MR) is 67.2 cm³/mol. The van der Waals surface area contributed by atoms with Crippen LogP contribution in [0.1, 0.15) is 5.82 Å². The summed E-state index contributed by atoms with van der Waals surface area (Å²) < 4.78 is 2.46. The van der Waals surface area contributed by atoms with Crippen LogP contribution in [0.15, 0.2) is 0 Å². The summed E-state index contributed by atoms with van der Waals surface area (Å²) in [4.78, 5) is 4.64. The minimum absolute atomic E-state index is 0.0839. The van der Waals surface area contributed by atoms with Gasteiger partial charge in [0, 0.05) is 32.2 Å². The van der Waals surface area contributed by atoms with E-state index in [4.69, 9.17) is 12.2 Å². The molecule has 1 atom stereocenters. The van der Waals surface area contributed by atoms with Gasteiger partial charge in [-0.15, -0.1) is 0 Å². The molecule has 0 bridgehead atoms. The van der Waals surface area contributed by atoms with Crippen molar-refractivity contribution < 1.29 is 5.11 Å². The van der Waals surface area contributed by atoms with Gasteiger partial charge in [0.1, 0.15) is 6.61 Å². The molecule has 1 aromatic heterocycles. The van der Waals surface area contributed by atoms with Crippen molar-refractivity contribution in [2.75, 3.05) is 33.7 Å². The van der Waals surface area contributed by atoms with E-state index >= 15 is 0 Å². The van der Waals surface area contributed by atoms with Crippen molar-refractivity contribution in [3.05, 3.63) is 10.6 Å². The second-order valence-electron chi connectivity index (χ2n) is 4.61. The lowest BCUT2D eigenvalue weighted by Crippen LogP contribution is -2.51. The summed E-state index contributed by atoms with van der Waals surface area (Å²) in [5, 5.41) is 15.9. The number of nitrogens with one attached hydrogen (secondary N) is 1. The Balaban J connectivity index is 2.13. The van der Waals surface area contributed by atoms with Gasteiger partial charge in [-0.1, -0.05) is 0 Å². The molecule has 1 aliphatic heterocycles. The van der Waals surface area contributed by atoms with Crippen molar-refractivity contribution in [1.82, 2.24) is 24.6 Å². The SMILES string of the molecule is CN1CCN(C)C(Cn2c(CO)n[nH]c2=S)C1. The Morgan fingerprint density at radius 3 is 2.94 bits per heavy atom. The molecular formula is C10H19N5OS. The van der Waals surface area contributed by atoms with Crippen LogP contribution in [-0.4, -0.2) is 69.4 Å². The topological polar surface area (TPSA) is 60.3 Å². The Morgan fingerprint density at radius 1 is 1.47 bits per heavy atom. The van der Waals surface area contributed by atoms with Crippen molar-refractivity contribution >= 4 is 12.2 Å². The third kappa shape index (κ3) is 2.74. The molecule has 6 nitrogen and oxygen atoms in total. The third-order valence-electron chi connectivity index (χ3n) is 3.35. The van der Waals surface area contributed by atoms with Crippen LogP contribution in [0.4, 0.5) is 0 Å². The minimum Gasteiger partial charge on any atom is -0.388 e. The van der Waals surface area contributed by atoms with Gasteiger partial charge in [0.2, 0.25) is 0 Å². The number of likely N-dealkylation sites (N-methyl/N-ethyl adjacent to an activating group) is 2. The highest BCUT2D eigenvalue weighted by Gasteiger charge is 2.23. The number of aliphatic hydroxyl groups is 1. The van der Waals surface area contributed by atoms with Crippen molar-refractivity contribution in [1.29, 1.82) is 0 Å². The Labute approximate surface area is 106 Å². The Morgan fingerprint density at radius 2 is 2.24 bits per heavy atom. The van der Waals surface area contributed by atoms with Crippen LogP contribution in [0.3, 0.4) is 0 Å². The van der Waals surface area contributed by atoms with Gasteiger partial charge in [-0.05, 0) is 26.3 Å². The highest BCUT2D eigenvalue weighted by Crippen LogP contribution is 2.10. The van der Waals surface area contributed by atoms with Gasteiger partial charge < -0.3 is 14.6 Å². The lowest BCUT2D eigenvalue weighted by atomic mass is 10.2. The molecule has 1 aliphatic rings. The maximum Gasteiger partial charge on any atom is 0.195 e. The van der Waals surface area contributed by atoms with Gasteiger partial charge in [-0.2, -0.15) is 5.10 Å². The molecule has 0 saturated carbocycles. The van der Waals surface area contributed by atoms with Crippen molar-refractivity contribution in [2.45, 2.75) is 19.2 Å². The standard InChI is InChI=1S/C10H19N5OS/c1-13-3-4-14(2)8(5-13)6-15-9(7-16)11-12-10(15)17/h8,16H,3-7H2,1-2H3,(H,12,17). The first kappa shape index (κ1) is 12.7. The Hall–Kier alpha value is -0.760. The van der Waals surface area contributed by atoms with E-state index in [1.54, 1.807) is 0 Å². The van der Waals surface area contributed by atoms with Gasteiger partial charge in [-0.25, -0.2) is 0 Å². The van der Waals surface area contributed by atoms with Gasteiger partial charge in [0.25, 0.3) is 0 Å². The smallest absolute Gasteiger partial charge is 0.195 e. The fourth-order valence-corrected chi connectivity index (χ4v) is 2.39. The fourth-order valence-electron chi connectivity index (χ4n) is 2.17. The molecule has 1 aromatic rings. The van der Waals surface area contributed by atoms with E-state index in [0.717, 1.165) is 26.2 Å². The lowest BCUT2D eigenvalue weighted by Gasteiger charge is -2.37. The molecule has 0 spiro atoms. The molecule has 0 radical (unpaired) electrons. The molecular weight excluding hydrogens is 238 g/mol. The van der Waals surface area contributed by atoms with Gasteiger partial charge in [0.05, 0.1) is 0 Å². The largest absolute Gasteiger partial charge is 0.388 e. The van der Waals surface area contributed by atoms with E-state index < -0.39 is 0 Å². The van der Waals surface area contributed by atoms with Crippen LogP contribution in [-0.2, 0) is 13.2 Å². The quantitative estimate of drug-likeness (QED) is 0.727. The monoisotopic (exact) mass is 257 g/mol. The zero-order valence-corrected chi connectivity index (χ0v) is 11.1. The molecule has 2 N–H and O–H groups in total. The van der Waals surface area contributed by atoms with E-state index in [9.17, 15) is 5.11 Å². The van der Waals surface area contributed by atoms with Gasteiger partial charge >= 0.3 is 0 Å². The van der Waals surface area contributed by atoms with Crippen molar-refractivity contribution in [3.63, 3.8) is 0 Å². The van der Waals surface area contributed by atoms with Gasteiger partial charge in [0.15, 0.2) is 10.6 Å². The summed E-state index contributed by atoms with van der Waals surface area (Å²) in [6.45, 7) is 3.84. The highest BCUT2D eigenvalue weighted by molar-refractivity contribution is 7.71. The molecule has 1 fully saturated rings. The zero-order chi connectivity index (χ0) is 12.4. The summed E-state index contributed by atoms with van der Waals surface area (Å²) in [5.41, 5.74) is 0. The maximum atomic E-state index is 9.21. The average molecular weight is 257 g/mol. The number of hydrogen-bond acceptors (Lipinski definition) is 5. The van der Waals surface area contributed by atoms with Crippen LogP contribution in [0.5, 0.6) is 0 Å². The third-order valence-corrected chi connectivity index (χ3v) is 3.66. The highest BCUT2D eigenvalue weighted by atomic mass is 32.1. The van der Waals surface area contributed by atoms with E-state index in [0.29, 0.717) is 16.6 Å². The molecule has 7 heteroatoms. The molecule has 17 heavy (non-hydrogen) atoms. The molecule has 96 valence electrons. The zero-order valence-electron chi connectivity index (χ0n) is 10.3. The van der Waals surface area contributed by atoms with E-state index in [2.05, 4.69) is 34.1 Å². The minimum atomic E-state index is -0.0839. The summed E-state index contributed by atoms with van der Waals surface area (Å²) in [5.74, 6) is 0.608. The number of hydrogen-bond donors (Lipinski definition) is 2. The molecule has 0 aromatic carbocycles. The molecule has 1 saturated heterocycles. The average Bonchev–Trinajstić information content (AvgIpc) is 2.65. The first-order valence-corrected chi connectivity index (χ1v) is 6.16. The number of aliphatic hydroxyl groups excluding tert-OH is 1. The number of aromatic amines is 1. The fraction of sp³-hybridized carbons (Fsp3) is 0.800. The van der Waals surface area contributed by atoms with Crippen LogP contribution >= 0.6 is 12.2 Å². The molecule has 1 unspecified atom stereocenters. The first-order valence-electron chi connectivity index (χ1n) is 5.75. The van der Waals surface area contributed by atoms with E-state index in [-0.39, 0.29) is 6.61 Å². The van der Waals surface area contributed by atoms with Crippen molar-refractivity contribution in [3.8, 4) is 0 Å². The van der Waals surface area contributed by atoms with Gasteiger partial charge in [-0.3, -0.25) is 10.00 Å². The van der Waals surface area contributed by atoms with E-state index in [1.165, 1.54) is 0 Å². The summed E-state index contributed by atoms with van der Waals surface area (Å²) in [6.07, 6.45) is 0. The lowest BCUT2D eigenvalue weighted by molar-refractivity contribution is 0.101. The number of piperazine rings is 1. The number of H-pyrrole nitrogens is 1. The second-order valence-corrected chi connectivity index (χ2v) is 5.00. The molecule has 0 aliphatic carbocycles. The number of aromatic nitrogens is 3. The van der Waals surface area contributed by atoms with Crippen LogP contribution in [0.2, 0.25) is 0 Å². The molecule has 2 heterocycles. The number of nitrogens with zero attached hydrogens (tertiary/aromatic N) is 4. The van der Waals surface area contributed by atoms with Crippen LogP contribution in [0.25, 0.3) is 0 Å². The summed E-state index contributed by atoms with van der Waals surface area (Å²) in [7, 11) is 4.25. The van der Waals surface area contributed by atoms with Crippen LogP contribution < -0.4 is 0 Å². The maximum absolute atomic E-state index is 9.21. The normalized spacial score (nSPS) is 23.1. The molecule has 2 rings (SSSR count). The van der Waals surface area contributed by atoms with Crippen molar-refractivity contribution in [2.24, 2.45) is 0 Å². The summed E-state index contributed by atoms with van der Waals surface area (Å²) >= 11 is 5.18. The van der Waals surface area contributed by atoms with E-state index in [1.807, 2.05) is 4.57 Å². The Bertz CT molecular complexity index is 429. The predicted octanol–water partition coefficient (Wildman–Crippen LogP) is -0.321. The first-order chi connectivity index (χ1) is 8.11. The second kappa shape index (κ2) is 5.26. The number of rotatable bonds is 3. The Kier molecular flexibility index (Phi) is 3.93. The molecule has 0 amide bonds.